The minimum Gasteiger partial charge on any atom is -0.495 e. The van der Waals surface area contributed by atoms with Gasteiger partial charge in [0.1, 0.15) is 25.1 Å². The van der Waals surface area contributed by atoms with Crippen molar-refractivity contribution in [2.75, 3.05) is 33.4 Å². The fourth-order valence-electron chi connectivity index (χ4n) is 3.47. The second kappa shape index (κ2) is 8.00. The third kappa shape index (κ3) is 4.08. The summed E-state index contributed by atoms with van der Waals surface area (Å²) in [6.07, 6.45) is 3.79. The minimum absolute atomic E-state index is 0.183. The van der Waals surface area contributed by atoms with Crippen LogP contribution in [0.25, 0.3) is 0 Å². The summed E-state index contributed by atoms with van der Waals surface area (Å²) in [6, 6.07) is 7.93. The van der Waals surface area contributed by atoms with E-state index in [-0.39, 0.29) is 12.1 Å². The van der Waals surface area contributed by atoms with E-state index < -0.39 is 0 Å². The third-order valence-corrected chi connectivity index (χ3v) is 5.11. The maximum Gasteiger partial charge on any atom is 0.257 e. The van der Waals surface area contributed by atoms with Crippen molar-refractivity contribution in [1.82, 2.24) is 14.9 Å². The lowest BCUT2D eigenvalue weighted by Crippen LogP contribution is -2.40. The number of ether oxygens (including phenoxy) is 4. The Labute approximate surface area is 159 Å². The van der Waals surface area contributed by atoms with Crippen molar-refractivity contribution in [3.05, 3.63) is 36.2 Å². The Morgan fingerprint density at radius 1 is 1.11 bits per heavy atom. The van der Waals surface area contributed by atoms with Gasteiger partial charge in [-0.1, -0.05) is 0 Å². The van der Waals surface area contributed by atoms with Crippen molar-refractivity contribution >= 4 is 0 Å². The van der Waals surface area contributed by atoms with Crippen LogP contribution < -0.4 is 18.9 Å². The topological polar surface area (TPSA) is 65.9 Å². The van der Waals surface area contributed by atoms with E-state index in [1.54, 1.807) is 13.3 Å². The van der Waals surface area contributed by atoms with Gasteiger partial charge in [-0.2, -0.15) is 0 Å². The normalized spacial score (nSPS) is 18.7. The zero-order chi connectivity index (χ0) is 18.6. The van der Waals surface area contributed by atoms with Crippen LogP contribution in [0.15, 0.2) is 30.5 Å². The first-order valence-electron chi connectivity index (χ1n) is 9.40. The average molecular weight is 371 g/mol. The molecule has 27 heavy (non-hydrogen) atoms. The highest BCUT2D eigenvalue weighted by molar-refractivity contribution is 5.36. The molecule has 4 heterocycles. The van der Waals surface area contributed by atoms with E-state index >= 15 is 0 Å². The van der Waals surface area contributed by atoms with Crippen LogP contribution in [0.3, 0.4) is 0 Å². The molecule has 2 aromatic rings. The number of rotatable bonds is 5. The number of pyridine rings is 2. The average Bonchev–Trinajstić information content (AvgIpc) is 2.74. The molecule has 0 amide bonds. The number of nitrogens with zero attached hydrogens (tertiary/aromatic N) is 3. The lowest BCUT2D eigenvalue weighted by atomic mass is 10.0. The van der Waals surface area contributed by atoms with E-state index in [0.717, 1.165) is 43.1 Å². The molecule has 2 aliphatic heterocycles. The highest BCUT2D eigenvalue weighted by Gasteiger charge is 2.26. The van der Waals surface area contributed by atoms with Gasteiger partial charge < -0.3 is 18.9 Å². The molecule has 1 saturated heterocycles. The summed E-state index contributed by atoms with van der Waals surface area (Å²) in [6.45, 7) is 5.24. The Bertz CT molecular complexity index is 760. The Balaban J connectivity index is 1.33. The highest BCUT2D eigenvalue weighted by Crippen LogP contribution is 2.32. The van der Waals surface area contributed by atoms with Crippen molar-refractivity contribution in [2.45, 2.75) is 31.9 Å². The second-order valence-electron chi connectivity index (χ2n) is 6.80. The van der Waals surface area contributed by atoms with Gasteiger partial charge >= 0.3 is 0 Å². The molecule has 2 aliphatic rings. The van der Waals surface area contributed by atoms with E-state index in [4.69, 9.17) is 18.9 Å². The quantitative estimate of drug-likeness (QED) is 0.801. The van der Waals surface area contributed by atoms with Crippen molar-refractivity contribution in [2.24, 2.45) is 0 Å². The maximum atomic E-state index is 6.02. The van der Waals surface area contributed by atoms with Crippen LogP contribution in [0, 0.1) is 0 Å². The van der Waals surface area contributed by atoms with Crippen LogP contribution in [0.2, 0.25) is 0 Å². The Hall–Kier alpha value is -2.54. The van der Waals surface area contributed by atoms with Gasteiger partial charge in [-0.05, 0) is 38.0 Å². The Morgan fingerprint density at radius 3 is 2.67 bits per heavy atom. The number of piperidine rings is 1. The van der Waals surface area contributed by atoms with Crippen LogP contribution in [-0.2, 0) is 0 Å². The molecular formula is C20H25N3O4. The molecule has 2 aromatic heterocycles. The van der Waals surface area contributed by atoms with Gasteiger partial charge in [0, 0.05) is 25.2 Å². The van der Waals surface area contributed by atoms with Gasteiger partial charge in [0.25, 0.3) is 5.88 Å². The molecule has 0 bridgehead atoms. The van der Waals surface area contributed by atoms with E-state index in [2.05, 4.69) is 21.8 Å². The lowest BCUT2D eigenvalue weighted by Gasteiger charge is -2.35. The summed E-state index contributed by atoms with van der Waals surface area (Å²) in [4.78, 5) is 11.4. The summed E-state index contributed by atoms with van der Waals surface area (Å²) in [5, 5.41) is 0. The van der Waals surface area contributed by atoms with Crippen molar-refractivity contribution in [3.8, 4) is 23.3 Å². The Morgan fingerprint density at radius 2 is 1.93 bits per heavy atom. The minimum atomic E-state index is 0.183. The van der Waals surface area contributed by atoms with E-state index in [1.165, 1.54) is 0 Å². The molecular weight excluding hydrogens is 346 g/mol. The molecule has 1 fully saturated rings. The van der Waals surface area contributed by atoms with Crippen molar-refractivity contribution in [3.63, 3.8) is 0 Å². The SMILES string of the molecule is COc1ccc(OC2CCN(C(C)c3ccc4c(n3)OCCO4)CC2)nc1. The molecule has 0 spiro atoms. The molecule has 0 aliphatic carbocycles. The van der Waals surface area contributed by atoms with Gasteiger partial charge in [-0.15, -0.1) is 0 Å². The molecule has 0 radical (unpaired) electrons. The third-order valence-electron chi connectivity index (χ3n) is 5.11. The summed E-state index contributed by atoms with van der Waals surface area (Å²) >= 11 is 0. The fourth-order valence-corrected chi connectivity index (χ4v) is 3.47. The summed E-state index contributed by atoms with van der Waals surface area (Å²) < 4.78 is 22.3. The van der Waals surface area contributed by atoms with Gasteiger partial charge in [0.15, 0.2) is 5.75 Å². The maximum absolute atomic E-state index is 6.02. The first-order valence-corrected chi connectivity index (χ1v) is 9.40. The van der Waals surface area contributed by atoms with E-state index in [1.807, 2.05) is 24.3 Å². The number of hydrogen-bond acceptors (Lipinski definition) is 7. The first kappa shape index (κ1) is 17.9. The van der Waals surface area contributed by atoms with Crippen LogP contribution >= 0.6 is 0 Å². The molecule has 7 nitrogen and oxygen atoms in total. The smallest absolute Gasteiger partial charge is 0.257 e. The number of methoxy groups -OCH3 is 1. The summed E-state index contributed by atoms with van der Waals surface area (Å²) in [5.41, 5.74) is 1.01. The van der Waals surface area contributed by atoms with Crippen LogP contribution in [0.5, 0.6) is 23.3 Å². The van der Waals surface area contributed by atoms with E-state index in [0.29, 0.717) is 25.0 Å². The monoisotopic (exact) mass is 371 g/mol. The predicted octanol–water partition coefficient (Wildman–Crippen LogP) is 2.86. The van der Waals surface area contributed by atoms with E-state index in [9.17, 15) is 0 Å². The number of hydrogen-bond donors (Lipinski definition) is 0. The molecule has 144 valence electrons. The standard InChI is InChI=1S/C20H25N3O4/c1-14(17-4-5-18-20(22-17)26-12-11-25-18)23-9-7-15(8-10-23)27-19-6-3-16(24-2)13-21-19/h3-6,13-15H,7-12H2,1-2H3. The van der Waals surface area contributed by atoms with Gasteiger partial charge in [-0.25, -0.2) is 9.97 Å². The second-order valence-corrected chi connectivity index (χ2v) is 6.80. The lowest BCUT2D eigenvalue weighted by molar-refractivity contribution is 0.0752. The number of likely N-dealkylation sites (tertiary alicyclic amines) is 1. The van der Waals surface area contributed by atoms with Gasteiger partial charge in [-0.3, -0.25) is 4.90 Å². The highest BCUT2D eigenvalue weighted by atomic mass is 16.6. The molecule has 0 aromatic carbocycles. The largest absolute Gasteiger partial charge is 0.495 e. The summed E-state index contributed by atoms with van der Waals surface area (Å²) in [7, 11) is 1.63. The summed E-state index contributed by atoms with van der Waals surface area (Å²) in [5.74, 6) is 2.72. The molecule has 0 N–H and O–H groups in total. The molecule has 1 unspecified atom stereocenters. The van der Waals surface area contributed by atoms with Gasteiger partial charge in [0.05, 0.1) is 19.0 Å². The fraction of sp³-hybridized carbons (Fsp3) is 0.500. The first-order chi connectivity index (χ1) is 13.2. The van der Waals surface area contributed by atoms with Gasteiger partial charge in [0.2, 0.25) is 5.88 Å². The zero-order valence-corrected chi connectivity index (χ0v) is 15.8. The number of fused-ring (bicyclic) bond motifs is 1. The zero-order valence-electron chi connectivity index (χ0n) is 15.8. The molecule has 4 rings (SSSR count). The molecule has 7 heteroatoms. The van der Waals surface area contributed by atoms with Crippen LogP contribution in [0.4, 0.5) is 0 Å². The predicted molar refractivity (Wildman–Crippen MR) is 99.7 cm³/mol. The van der Waals surface area contributed by atoms with Crippen molar-refractivity contribution < 1.29 is 18.9 Å². The van der Waals surface area contributed by atoms with Crippen LogP contribution in [0.1, 0.15) is 31.5 Å². The van der Waals surface area contributed by atoms with Crippen LogP contribution in [-0.4, -0.2) is 54.4 Å². The molecule has 1 atom stereocenters. The Kier molecular flexibility index (Phi) is 5.29. The number of aromatic nitrogens is 2. The van der Waals surface area contributed by atoms with Crippen molar-refractivity contribution in [1.29, 1.82) is 0 Å². The molecule has 0 saturated carbocycles.